The maximum Gasteiger partial charge on any atom is 0.409 e. The lowest BCUT2D eigenvalue weighted by Gasteiger charge is -2.16. The third kappa shape index (κ3) is 4.66. The zero-order chi connectivity index (χ0) is 22.9. The highest BCUT2D eigenvalue weighted by Gasteiger charge is 2.29. The average Bonchev–Trinajstić information content (AvgIpc) is 3.32. The largest absolute Gasteiger partial charge is 0.456 e. The van der Waals surface area contributed by atoms with Gasteiger partial charge in [-0.2, -0.15) is 0 Å². The molecule has 168 valence electrons. The van der Waals surface area contributed by atoms with Crippen molar-refractivity contribution in [2.24, 2.45) is 0 Å². The minimum Gasteiger partial charge on any atom is -0.456 e. The van der Waals surface area contributed by atoms with Crippen LogP contribution >= 0.6 is 11.6 Å². The third-order valence-corrected chi connectivity index (χ3v) is 6.37. The zero-order valence-corrected chi connectivity index (χ0v) is 18.9. The lowest BCUT2D eigenvalue weighted by molar-refractivity contribution is -0.118. The molecule has 1 unspecified atom stereocenters. The van der Waals surface area contributed by atoms with Gasteiger partial charge in [0.15, 0.2) is 0 Å². The van der Waals surface area contributed by atoms with Crippen molar-refractivity contribution in [2.75, 3.05) is 13.7 Å². The van der Waals surface area contributed by atoms with Crippen molar-refractivity contribution >= 4 is 29.7 Å². The number of allylic oxidation sites excluding steroid dienone is 3. The molecule has 0 spiro atoms. The maximum absolute atomic E-state index is 11.6. The number of nitrogens with zero attached hydrogens (tertiary/aromatic N) is 1. The van der Waals surface area contributed by atoms with Crippen molar-refractivity contribution in [1.82, 2.24) is 10.2 Å². The van der Waals surface area contributed by atoms with Crippen molar-refractivity contribution in [3.05, 3.63) is 87.6 Å². The van der Waals surface area contributed by atoms with E-state index in [2.05, 4.69) is 11.4 Å². The van der Waals surface area contributed by atoms with E-state index in [-0.39, 0.29) is 18.0 Å². The van der Waals surface area contributed by atoms with Gasteiger partial charge in [-0.1, -0.05) is 42.0 Å². The van der Waals surface area contributed by atoms with Crippen LogP contribution in [0.15, 0.2) is 71.5 Å². The Labute approximate surface area is 197 Å². The molecule has 1 N–H and O–H groups in total. The second-order valence-corrected chi connectivity index (χ2v) is 8.86. The first-order valence-corrected chi connectivity index (χ1v) is 11.2. The van der Waals surface area contributed by atoms with Gasteiger partial charge in [-0.15, -0.1) is 0 Å². The molecule has 0 radical (unpaired) electrons. The third-order valence-electron chi connectivity index (χ3n) is 6.08. The summed E-state index contributed by atoms with van der Waals surface area (Å²) in [4.78, 5) is 24.7. The quantitative estimate of drug-likeness (QED) is 0.659. The molecule has 0 bridgehead atoms. The van der Waals surface area contributed by atoms with E-state index < -0.39 is 0 Å². The van der Waals surface area contributed by atoms with Gasteiger partial charge in [0.25, 0.3) is 0 Å². The van der Waals surface area contributed by atoms with E-state index in [4.69, 9.17) is 21.1 Å². The van der Waals surface area contributed by atoms with Gasteiger partial charge in [-0.25, -0.2) is 4.79 Å². The molecule has 2 aliphatic heterocycles. The van der Waals surface area contributed by atoms with Crippen LogP contribution in [-0.4, -0.2) is 36.6 Å². The topological polar surface area (TPSA) is 67.9 Å². The molecule has 2 aromatic rings. The van der Waals surface area contributed by atoms with Crippen LogP contribution in [0.1, 0.15) is 24.0 Å². The number of likely N-dealkylation sites (N-methyl/N-ethyl adjacent to an activating group) is 1. The summed E-state index contributed by atoms with van der Waals surface area (Å²) in [5.74, 6) is 1.32. The van der Waals surface area contributed by atoms with Crippen LogP contribution in [0.25, 0.3) is 6.08 Å². The van der Waals surface area contributed by atoms with E-state index in [9.17, 15) is 9.59 Å². The summed E-state index contributed by atoms with van der Waals surface area (Å²) in [6, 6.07) is 13.5. The second kappa shape index (κ2) is 8.79. The molecule has 0 saturated carbocycles. The van der Waals surface area contributed by atoms with Gasteiger partial charge in [-0.3, -0.25) is 4.79 Å². The number of benzene rings is 2. The Bertz CT molecular complexity index is 1210. The lowest BCUT2D eigenvalue weighted by atomic mass is 9.96. The SMILES string of the molecule is CN1C(=O)OCC1Cc1ccc(Oc2ccc(C=C3C=CC4=C(CC(=O)N4)C3)cc2Cl)cc1. The summed E-state index contributed by atoms with van der Waals surface area (Å²) in [6.45, 7) is 0.412. The van der Waals surface area contributed by atoms with Crippen LogP contribution < -0.4 is 10.1 Å². The minimum absolute atomic E-state index is 0.0488. The Kier molecular flexibility index (Phi) is 5.68. The molecule has 2 aromatic carbocycles. The molecule has 7 heteroatoms. The summed E-state index contributed by atoms with van der Waals surface area (Å²) in [5, 5.41) is 3.39. The molecule has 1 aliphatic carbocycles. The molecule has 6 nitrogen and oxygen atoms in total. The predicted molar refractivity (Wildman–Crippen MR) is 126 cm³/mol. The number of carbonyl (C=O) groups is 2. The van der Waals surface area contributed by atoms with Gasteiger partial charge in [0.1, 0.15) is 18.1 Å². The van der Waals surface area contributed by atoms with Crippen LogP contribution in [0.2, 0.25) is 5.02 Å². The molecule has 1 atom stereocenters. The monoisotopic (exact) mass is 462 g/mol. The first-order valence-electron chi connectivity index (χ1n) is 10.8. The van der Waals surface area contributed by atoms with E-state index in [1.54, 1.807) is 11.9 Å². The standard InChI is InChI=1S/C26H23ClN2O4/c1-29-20(15-32-26(29)31)12-16-2-6-21(7-3-16)33-24-9-5-18(13-22(24)27)10-17-4-8-23-19(11-17)14-25(30)28-23/h2-10,13,20H,11-12,14-15H2,1H3,(H,28,30). The Morgan fingerprint density at radius 1 is 1.15 bits per heavy atom. The van der Waals surface area contributed by atoms with Gasteiger partial charge in [-0.05, 0) is 65.5 Å². The summed E-state index contributed by atoms with van der Waals surface area (Å²) in [5.41, 5.74) is 5.26. The number of rotatable bonds is 5. The molecule has 1 fully saturated rings. The number of hydrogen-bond acceptors (Lipinski definition) is 4. The fourth-order valence-electron chi connectivity index (χ4n) is 4.21. The van der Waals surface area contributed by atoms with Gasteiger partial charge in [0.05, 0.1) is 17.5 Å². The predicted octanol–water partition coefficient (Wildman–Crippen LogP) is 5.24. The first kappa shape index (κ1) is 21.3. The molecule has 1 saturated heterocycles. The first-order chi connectivity index (χ1) is 15.9. The highest BCUT2D eigenvalue weighted by molar-refractivity contribution is 6.32. The number of halogens is 1. The number of hydrogen-bond donors (Lipinski definition) is 1. The van der Waals surface area contributed by atoms with Crippen molar-refractivity contribution in [1.29, 1.82) is 0 Å². The Hall–Kier alpha value is -3.51. The number of carbonyl (C=O) groups excluding carboxylic acids is 2. The highest BCUT2D eigenvalue weighted by Crippen LogP contribution is 2.33. The van der Waals surface area contributed by atoms with Crippen LogP contribution in [0.3, 0.4) is 0 Å². The smallest absolute Gasteiger partial charge is 0.409 e. The van der Waals surface area contributed by atoms with Crippen LogP contribution in [-0.2, 0) is 16.0 Å². The molecule has 2 amide bonds. The summed E-state index contributed by atoms with van der Waals surface area (Å²) < 4.78 is 11.0. The average molecular weight is 463 g/mol. The lowest BCUT2D eigenvalue weighted by Crippen LogP contribution is -2.30. The van der Waals surface area contributed by atoms with E-state index in [0.29, 0.717) is 29.5 Å². The maximum atomic E-state index is 11.6. The molecule has 3 aliphatic rings. The highest BCUT2D eigenvalue weighted by atomic mass is 35.5. The molecule has 2 heterocycles. The molecule has 33 heavy (non-hydrogen) atoms. The molecule has 0 aromatic heterocycles. The molecular weight excluding hydrogens is 440 g/mol. The van der Waals surface area contributed by atoms with E-state index >= 15 is 0 Å². The Balaban J connectivity index is 1.23. The second-order valence-electron chi connectivity index (χ2n) is 8.45. The van der Waals surface area contributed by atoms with E-state index in [0.717, 1.165) is 40.8 Å². The Morgan fingerprint density at radius 3 is 2.70 bits per heavy atom. The summed E-state index contributed by atoms with van der Waals surface area (Å²) >= 11 is 6.49. The molecule has 5 rings (SSSR count). The number of ether oxygens (including phenoxy) is 2. The van der Waals surface area contributed by atoms with Crippen LogP contribution in [0, 0.1) is 0 Å². The molecular formula is C26H23ClN2O4. The minimum atomic E-state index is -0.277. The van der Waals surface area contributed by atoms with Gasteiger partial charge >= 0.3 is 6.09 Å². The fraction of sp³-hybridized carbons (Fsp3) is 0.231. The van der Waals surface area contributed by atoms with Crippen molar-refractivity contribution in [3.63, 3.8) is 0 Å². The zero-order valence-electron chi connectivity index (χ0n) is 18.1. The number of cyclic esters (lactones) is 1. The van der Waals surface area contributed by atoms with Gasteiger partial charge in [0.2, 0.25) is 5.91 Å². The van der Waals surface area contributed by atoms with Crippen LogP contribution in [0.4, 0.5) is 4.79 Å². The Morgan fingerprint density at radius 2 is 1.97 bits per heavy atom. The van der Waals surface area contributed by atoms with Crippen molar-refractivity contribution in [2.45, 2.75) is 25.3 Å². The van der Waals surface area contributed by atoms with Gasteiger partial charge in [0, 0.05) is 12.7 Å². The fourth-order valence-corrected chi connectivity index (χ4v) is 4.43. The van der Waals surface area contributed by atoms with E-state index in [1.807, 2.05) is 54.6 Å². The van der Waals surface area contributed by atoms with Crippen molar-refractivity contribution in [3.8, 4) is 11.5 Å². The van der Waals surface area contributed by atoms with E-state index in [1.165, 1.54) is 0 Å². The summed E-state index contributed by atoms with van der Waals surface area (Å²) in [7, 11) is 1.75. The number of nitrogens with one attached hydrogen (secondary N) is 1. The number of amides is 2. The normalized spacial score (nSPS) is 20.8. The summed E-state index contributed by atoms with van der Waals surface area (Å²) in [6.07, 6.45) is 7.71. The van der Waals surface area contributed by atoms with Crippen molar-refractivity contribution < 1.29 is 19.1 Å². The van der Waals surface area contributed by atoms with Crippen LogP contribution in [0.5, 0.6) is 11.5 Å². The van der Waals surface area contributed by atoms with Gasteiger partial charge < -0.3 is 19.7 Å².